The van der Waals surface area contributed by atoms with E-state index in [-0.39, 0.29) is 10.7 Å². The van der Waals surface area contributed by atoms with Gasteiger partial charge in [-0.25, -0.2) is 8.42 Å². The van der Waals surface area contributed by atoms with E-state index >= 15 is 0 Å². The molecular weight excluding hydrogens is 358 g/mol. The summed E-state index contributed by atoms with van der Waals surface area (Å²) in [6.45, 7) is 4.57. The Morgan fingerprint density at radius 2 is 1.52 bits per heavy atom. The summed E-state index contributed by atoms with van der Waals surface area (Å²) in [5, 5.41) is 0. The summed E-state index contributed by atoms with van der Waals surface area (Å²) in [5.41, 5.74) is 3.49. The van der Waals surface area contributed by atoms with Crippen molar-refractivity contribution in [2.24, 2.45) is 0 Å². The summed E-state index contributed by atoms with van der Waals surface area (Å²) in [6, 6.07) is 20.1. The van der Waals surface area contributed by atoms with Crippen LogP contribution in [0.2, 0.25) is 0 Å². The molecular formula is C22H23NO3S. The SMILES string of the molecule is Cc1cc(C(=O)CS(=O)(=O)c2ccccc2)c(C)n1CCc1ccccc1. The van der Waals surface area contributed by atoms with E-state index in [1.165, 1.54) is 17.7 Å². The van der Waals surface area contributed by atoms with Crippen molar-refractivity contribution in [3.05, 3.63) is 89.2 Å². The number of Topliss-reactive ketones (excluding diaryl/α,β-unsaturated/α-hetero) is 1. The molecule has 140 valence electrons. The summed E-state index contributed by atoms with van der Waals surface area (Å²) in [7, 11) is -3.64. The van der Waals surface area contributed by atoms with Crippen molar-refractivity contribution in [2.45, 2.75) is 31.7 Å². The molecule has 0 saturated heterocycles. The van der Waals surface area contributed by atoms with Gasteiger partial charge in [-0.05, 0) is 44.0 Å². The first-order chi connectivity index (χ1) is 12.9. The molecule has 0 amide bonds. The number of nitrogens with zero attached hydrogens (tertiary/aromatic N) is 1. The monoisotopic (exact) mass is 381 g/mol. The number of sulfone groups is 1. The maximum Gasteiger partial charge on any atom is 0.185 e. The Labute approximate surface area is 160 Å². The van der Waals surface area contributed by atoms with Crippen LogP contribution in [-0.4, -0.2) is 24.5 Å². The first kappa shape index (κ1) is 19.1. The normalized spacial score (nSPS) is 11.5. The van der Waals surface area contributed by atoms with Crippen molar-refractivity contribution in [3.63, 3.8) is 0 Å². The molecule has 3 aromatic rings. The van der Waals surface area contributed by atoms with Gasteiger partial charge >= 0.3 is 0 Å². The summed E-state index contributed by atoms with van der Waals surface area (Å²) in [4.78, 5) is 12.9. The zero-order valence-corrected chi connectivity index (χ0v) is 16.4. The molecule has 3 rings (SSSR count). The van der Waals surface area contributed by atoms with Crippen molar-refractivity contribution < 1.29 is 13.2 Å². The predicted molar refractivity (Wildman–Crippen MR) is 107 cm³/mol. The molecule has 27 heavy (non-hydrogen) atoms. The third-order valence-corrected chi connectivity index (χ3v) is 6.40. The molecule has 0 N–H and O–H groups in total. The van der Waals surface area contributed by atoms with Gasteiger partial charge in [-0.2, -0.15) is 0 Å². The summed E-state index contributed by atoms with van der Waals surface area (Å²) < 4.78 is 27.1. The zero-order valence-electron chi connectivity index (χ0n) is 15.6. The van der Waals surface area contributed by atoms with Gasteiger partial charge in [-0.3, -0.25) is 4.79 Å². The van der Waals surface area contributed by atoms with E-state index in [2.05, 4.69) is 16.7 Å². The van der Waals surface area contributed by atoms with E-state index in [0.717, 1.165) is 24.4 Å². The van der Waals surface area contributed by atoms with Crippen LogP contribution in [0.15, 0.2) is 71.6 Å². The highest BCUT2D eigenvalue weighted by molar-refractivity contribution is 7.92. The highest BCUT2D eigenvalue weighted by Gasteiger charge is 2.23. The number of aromatic nitrogens is 1. The molecule has 0 atom stereocenters. The van der Waals surface area contributed by atoms with Crippen molar-refractivity contribution in [1.29, 1.82) is 0 Å². The molecule has 0 bridgehead atoms. The fourth-order valence-electron chi connectivity index (χ4n) is 3.27. The van der Waals surface area contributed by atoms with Crippen LogP contribution in [0.4, 0.5) is 0 Å². The van der Waals surface area contributed by atoms with E-state index in [0.29, 0.717) is 5.56 Å². The van der Waals surface area contributed by atoms with Gasteiger partial charge in [0.2, 0.25) is 0 Å². The molecule has 0 aliphatic heterocycles. The Morgan fingerprint density at radius 1 is 0.926 bits per heavy atom. The number of aryl methyl sites for hydroxylation is 2. The molecule has 1 aromatic heterocycles. The van der Waals surface area contributed by atoms with E-state index in [4.69, 9.17) is 0 Å². The minimum Gasteiger partial charge on any atom is -0.348 e. The number of rotatable bonds is 7. The van der Waals surface area contributed by atoms with Gasteiger partial charge in [-0.1, -0.05) is 48.5 Å². The van der Waals surface area contributed by atoms with Crippen molar-refractivity contribution in [2.75, 3.05) is 5.75 Å². The standard InChI is InChI=1S/C22H23NO3S/c1-17-15-21(18(2)23(17)14-13-19-9-5-3-6-10-19)22(24)16-27(25,26)20-11-7-4-8-12-20/h3-12,15H,13-14,16H2,1-2H3. The Bertz CT molecular complexity index is 1040. The first-order valence-corrected chi connectivity index (χ1v) is 10.6. The molecule has 0 aliphatic carbocycles. The summed E-state index contributed by atoms with van der Waals surface area (Å²) >= 11 is 0. The number of carbonyl (C=O) groups is 1. The second kappa shape index (κ2) is 7.92. The lowest BCUT2D eigenvalue weighted by atomic mass is 10.1. The van der Waals surface area contributed by atoms with Crippen molar-refractivity contribution in [1.82, 2.24) is 4.57 Å². The fraction of sp³-hybridized carbons (Fsp3) is 0.227. The molecule has 4 nitrogen and oxygen atoms in total. The number of benzene rings is 2. The largest absolute Gasteiger partial charge is 0.348 e. The molecule has 0 radical (unpaired) electrons. The number of hydrogen-bond donors (Lipinski definition) is 0. The molecule has 0 fully saturated rings. The lowest BCUT2D eigenvalue weighted by Gasteiger charge is -2.10. The van der Waals surface area contributed by atoms with Gasteiger partial charge in [0.15, 0.2) is 15.6 Å². The number of hydrogen-bond acceptors (Lipinski definition) is 3. The maximum absolute atomic E-state index is 12.7. The topological polar surface area (TPSA) is 56.1 Å². The third kappa shape index (κ3) is 4.37. The van der Waals surface area contributed by atoms with Crippen LogP contribution in [0.1, 0.15) is 27.3 Å². The van der Waals surface area contributed by atoms with E-state index in [9.17, 15) is 13.2 Å². The van der Waals surface area contributed by atoms with Gasteiger partial charge in [0.1, 0.15) is 5.75 Å². The third-order valence-electron chi connectivity index (χ3n) is 4.76. The van der Waals surface area contributed by atoms with Gasteiger partial charge < -0.3 is 4.57 Å². The molecule has 1 heterocycles. The molecule has 0 saturated carbocycles. The Morgan fingerprint density at radius 3 is 2.15 bits per heavy atom. The lowest BCUT2D eigenvalue weighted by Crippen LogP contribution is -2.17. The molecule has 0 aliphatic rings. The van der Waals surface area contributed by atoms with Gasteiger partial charge in [0.25, 0.3) is 0 Å². The Hall–Kier alpha value is -2.66. The number of ketones is 1. The Balaban J connectivity index is 1.78. The lowest BCUT2D eigenvalue weighted by molar-refractivity contribution is 0.102. The minimum absolute atomic E-state index is 0.177. The maximum atomic E-state index is 12.7. The van der Waals surface area contributed by atoms with E-state index < -0.39 is 15.6 Å². The highest BCUT2D eigenvalue weighted by Crippen LogP contribution is 2.19. The second-order valence-electron chi connectivity index (χ2n) is 6.67. The molecule has 0 unspecified atom stereocenters. The predicted octanol–water partition coefficient (Wildman–Crippen LogP) is 4.00. The van der Waals surface area contributed by atoms with Crippen LogP contribution >= 0.6 is 0 Å². The fourth-order valence-corrected chi connectivity index (χ4v) is 4.51. The van der Waals surface area contributed by atoms with E-state index in [1.54, 1.807) is 24.3 Å². The zero-order chi connectivity index (χ0) is 19.4. The van der Waals surface area contributed by atoms with Crippen molar-refractivity contribution in [3.8, 4) is 0 Å². The Kier molecular flexibility index (Phi) is 5.61. The minimum atomic E-state index is -3.64. The molecule has 5 heteroatoms. The smallest absolute Gasteiger partial charge is 0.185 e. The van der Waals surface area contributed by atoms with Crippen molar-refractivity contribution >= 4 is 15.6 Å². The first-order valence-electron chi connectivity index (χ1n) is 8.90. The highest BCUT2D eigenvalue weighted by atomic mass is 32.2. The van der Waals surface area contributed by atoms with Crippen LogP contribution in [0.25, 0.3) is 0 Å². The van der Waals surface area contributed by atoms with E-state index in [1.807, 2.05) is 32.0 Å². The second-order valence-corrected chi connectivity index (χ2v) is 8.66. The van der Waals surface area contributed by atoms with Crippen LogP contribution in [0.5, 0.6) is 0 Å². The van der Waals surface area contributed by atoms with Crippen LogP contribution in [0, 0.1) is 13.8 Å². The van der Waals surface area contributed by atoms with Gasteiger partial charge in [0, 0.05) is 23.5 Å². The molecule has 0 spiro atoms. The quantitative estimate of drug-likeness (QED) is 0.581. The summed E-state index contributed by atoms with van der Waals surface area (Å²) in [5.74, 6) is -0.877. The summed E-state index contributed by atoms with van der Waals surface area (Å²) in [6.07, 6.45) is 0.854. The van der Waals surface area contributed by atoms with Gasteiger partial charge in [0.05, 0.1) is 4.90 Å². The van der Waals surface area contributed by atoms with Gasteiger partial charge in [-0.15, -0.1) is 0 Å². The molecule has 2 aromatic carbocycles. The van der Waals surface area contributed by atoms with Crippen LogP contribution in [0.3, 0.4) is 0 Å². The average Bonchev–Trinajstić information content (AvgIpc) is 2.95. The average molecular weight is 381 g/mol. The van der Waals surface area contributed by atoms with Crippen LogP contribution in [-0.2, 0) is 22.8 Å². The number of carbonyl (C=O) groups excluding carboxylic acids is 1. The van der Waals surface area contributed by atoms with Crippen LogP contribution < -0.4 is 0 Å².